The third-order valence-corrected chi connectivity index (χ3v) is 7.69. The number of allylic oxidation sites excluding steroid dienone is 2. The molecule has 0 aromatic heterocycles. The van der Waals surface area contributed by atoms with Crippen molar-refractivity contribution >= 4 is 5.97 Å². The minimum atomic E-state index is -0.666. The van der Waals surface area contributed by atoms with Gasteiger partial charge in [0.05, 0.1) is 25.2 Å². The Kier molecular flexibility index (Phi) is 4.50. The minimum Gasteiger partial charge on any atom is -0.490 e. The van der Waals surface area contributed by atoms with Crippen molar-refractivity contribution in [1.82, 2.24) is 4.90 Å². The molecule has 1 N–H and O–H groups in total. The summed E-state index contributed by atoms with van der Waals surface area (Å²) in [5.41, 5.74) is 0.683. The number of carbonyl (C=O) groups excluding carboxylic acids is 1. The molecule has 0 aromatic carbocycles. The lowest BCUT2D eigenvalue weighted by atomic mass is 9.77. The molecule has 0 saturated carbocycles. The summed E-state index contributed by atoms with van der Waals surface area (Å²) in [6, 6.07) is 0.391. The second-order valence-electron chi connectivity index (χ2n) is 9.08. The molecule has 7 nitrogen and oxygen atoms in total. The number of hydrogen-bond donors (Lipinski definition) is 1. The van der Waals surface area contributed by atoms with E-state index in [1.165, 1.54) is 7.11 Å². The second kappa shape index (κ2) is 6.72. The Morgan fingerprint density at radius 3 is 2.86 bits per heavy atom. The number of ether oxygens (including phenoxy) is 4. The molecule has 5 heterocycles. The van der Waals surface area contributed by atoms with E-state index in [9.17, 15) is 9.90 Å². The van der Waals surface area contributed by atoms with Crippen LogP contribution in [-0.2, 0) is 23.7 Å². The van der Waals surface area contributed by atoms with Crippen LogP contribution in [0.3, 0.4) is 0 Å². The number of carbonyl (C=O) groups is 1. The molecule has 7 unspecified atom stereocenters. The van der Waals surface area contributed by atoms with Gasteiger partial charge in [0.2, 0.25) is 11.5 Å². The monoisotopic (exact) mass is 405 g/mol. The molecule has 7 heteroatoms. The number of methoxy groups -OCH3 is 1. The molecule has 0 amide bonds. The zero-order chi connectivity index (χ0) is 20.5. The normalized spacial score (nSPS) is 45.0. The van der Waals surface area contributed by atoms with Gasteiger partial charge in [0.25, 0.3) is 0 Å². The van der Waals surface area contributed by atoms with Crippen LogP contribution in [0.1, 0.15) is 52.9 Å². The zero-order valence-corrected chi connectivity index (χ0v) is 17.6. The van der Waals surface area contributed by atoms with Crippen molar-refractivity contribution in [3.63, 3.8) is 0 Å². The SMILES string of the molecule is CCC(O)C1CCC2OC34CCCN1C2C3C(C)C(=C1OC(=O)C(OC)=C1C)O4. The number of cyclic esters (lactones) is 1. The Morgan fingerprint density at radius 2 is 2.17 bits per heavy atom. The highest BCUT2D eigenvalue weighted by atomic mass is 16.7. The largest absolute Gasteiger partial charge is 0.490 e. The maximum atomic E-state index is 12.2. The van der Waals surface area contributed by atoms with Crippen molar-refractivity contribution in [1.29, 1.82) is 0 Å². The van der Waals surface area contributed by atoms with Gasteiger partial charge in [-0.05, 0) is 39.2 Å². The molecule has 7 atom stereocenters. The number of aliphatic hydroxyl groups is 1. The lowest BCUT2D eigenvalue weighted by Crippen LogP contribution is -2.58. The maximum Gasteiger partial charge on any atom is 0.379 e. The van der Waals surface area contributed by atoms with Crippen LogP contribution in [0.15, 0.2) is 22.9 Å². The first-order chi connectivity index (χ1) is 13.9. The summed E-state index contributed by atoms with van der Waals surface area (Å²) < 4.78 is 24.0. The molecule has 5 aliphatic heterocycles. The van der Waals surface area contributed by atoms with Gasteiger partial charge in [-0.2, -0.15) is 0 Å². The fraction of sp³-hybridized carbons (Fsp3) is 0.773. The van der Waals surface area contributed by atoms with Crippen LogP contribution >= 0.6 is 0 Å². The van der Waals surface area contributed by atoms with Crippen molar-refractivity contribution < 1.29 is 28.8 Å². The maximum absolute atomic E-state index is 12.2. The van der Waals surface area contributed by atoms with Gasteiger partial charge in [0, 0.05) is 30.0 Å². The van der Waals surface area contributed by atoms with Crippen LogP contribution in [0, 0.1) is 11.8 Å². The first-order valence-electron chi connectivity index (χ1n) is 10.9. The molecule has 5 rings (SSSR count). The van der Waals surface area contributed by atoms with Crippen LogP contribution in [0.5, 0.6) is 0 Å². The van der Waals surface area contributed by atoms with Crippen molar-refractivity contribution in [3.05, 3.63) is 22.9 Å². The van der Waals surface area contributed by atoms with Crippen LogP contribution in [0.25, 0.3) is 0 Å². The first kappa shape index (κ1) is 19.4. The summed E-state index contributed by atoms with van der Waals surface area (Å²) in [5, 5.41) is 10.7. The van der Waals surface area contributed by atoms with Gasteiger partial charge >= 0.3 is 5.97 Å². The summed E-state index contributed by atoms with van der Waals surface area (Å²) in [7, 11) is 1.48. The van der Waals surface area contributed by atoms with E-state index in [1.807, 2.05) is 13.8 Å². The molecule has 29 heavy (non-hydrogen) atoms. The van der Waals surface area contributed by atoms with Gasteiger partial charge in [0.1, 0.15) is 5.76 Å². The fourth-order valence-corrected chi connectivity index (χ4v) is 6.46. The molecule has 160 valence electrons. The van der Waals surface area contributed by atoms with E-state index in [1.54, 1.807) is 0 Å². The molecular weight excluding hydrogens is 374 g/mol. The highest BCUT2D eigenvalue weighted by Crippen LogP contribution is 2.59. The number of nitrogens with zero attached hydrogens (tertiary/aromatic N) is 1. The third-order valence-electron chi connectivity index (χ3n) is 7.69. The lowest BCUT2D eigenvalue weighted by molar-refractivity contribution is -0.212. The van der Waals surface area contributed by atoms with Gasteiger partial charge in [-0.15, -0.1) is 0 Å². The van der Waals surface area contributed by atoms with Crippen LogP contribution in [0.2, 0.25) is 0 Å². The summed E-state index contributed by atoms with van der Waals surface area (Å²) in [4.78, 5) is 14.7. The third kappa shape index (κ3) is 2.56. The smallest absolute Gasteiger partial charge is 0.379 e. The number of rotatable bonds is 3. The lowest BCUT2D eigenvalue weighted by Gasteiger charge is -2.46. The van der Waals surface area contributed by atoms with Gasteiger partial charge in [-0.1, -0.05) is 13.8 Å². The quantitative estimate of drug-likeness (QED) is 0.723. The van der Waals surface area contributed by atoms with E-state index >= 15 is 0 Å². The van der Waals surface area contributed by atoms with Crippen molar-refractivity contribution in [2.45, 2.75) is 83.0 Å². The van der Waals surface area contributed by atoms with Crippen molar-refractivity contribution in [2.75, 3.05) is 13.7 Å². The Bertz CT molecular complexity index is 790. The minimum absolute atomic E-state index is 0.0528. The summed E-state index contributed by atoms with van der Waals surface area (Å²) in [5.74, 6) is 0.504. The second-order valence-corrected chi connectivity index (χ2v) is 9.08. The standard InChI is InChI=1S/C22H31NO6/c1-5-14(24)13-7-8-15-17-16-11(2)19(18-12(3)20(26-4)21(25)27-18)29-22(16,28-15)9-6-10-23(13)17/h11,13-17,24H,5-10H2,1-4H3. The highest BCUT2D eigenvalue weighted by molar-refractivity contribution is 5.92. The van der Waals surface area contributed by atoms with E-state index in [0.717, 1.165) is 38.6 Å². The van der Waals surface area contributed by atoms with E-state index in [2.05, 4.69) is 11.8 Å². The summed E-state index contributed by atoms with van der Waals surface area (Å²) >= 11 is 0. The number of piperidine rings is 1. The molecule has 4 fully saturated rings. The Balaban J connectivity index is 1.54. The molecule has 4 saturated heterocycles. The number of esters is 1. The predicted molar refractivity (Wildman–Crippen MR) is 103 cm³/mol. The summed E-state index contributed by atoms with van der Waals surface area (Å²) in [6.45, 7) is 6.99. The molecule has 0 aliphatic carbocycles. The Labute approximate surface area is 171 Å². The average Bonchev–Trinajstić information content (AvgIpc) is 3.22. The fourth-order valence-electron chi connectivity index (χ4n) is 6.46. The van der Waals surface area contributed by atoms with Crippen LogP contribution < -0.4 is 0 Å². The van der Waals surface area contributed by atoms with Gasteiger partial charge in [0.15, 0.2) is 5.76 Å². The van der Waals surface area contributed by atoms with Crippen molar-refractivity contribution in [2.24, 2.45) is 11.8 Å². The molecular formula is C22H31NO6. The molecule has 0 spiro atoms. The molecule has 0 radical (unpaired) electrons. The topological polar surface area (TPSA) is 77.5 Å². The van der Waals surface area contributed by atoms with Gasteiger partial charge < -0.3 is 24.1 Å². The number of hydrogen-bond acceptors (Lipinski definition) is 7. The van der Waals surface area contributed by atoms with E-state index < -0.39 is 11.8 Å². The van der Waals surface area contributed by atoms with Gasteiger partial charge in [-0.25, -0.2) is 4.79 Å². The molecule has 2 bridgehead atoms. The van der Waals surface area contributed by atoms with E-state index in [0.29, 0.717) is 17.1 Å². The average molecular weight is 405 g/mol. The highest BCUT2D eigenvalue weighted by Gasteiger charge is 2.68. The van der Waals surface area contributed by atoms with Crippen molar-refractivity contribution in [3.8, 4) is 0 Å². The Morgan fingerprint density at radius 1 is 1.38 bits per heavy atom. The zero-order valence-electron chi connectivity index (χ0n) is 17.6. The molecule has 5 aliphatic rings. The van der Waals surface area contributed by atoms with Crippen LogP contribution in [0.4, 0.5) is 0 Å². The van der Waals surface area contributed by atoms with Crippen LogP contribution in [-0.4, -0.2) is 59.7 Å². The number of aliphatic hydroxyl groups excluding tert-OH is 1. The molecule has 0 aromatic rings. The summed E-state index contributed by atoms with van der Waals surface area (Å²) in [6.07, 6.45) is 4.25. The van der Waals surface area contributed by atoms with E-state index in [4.69, 9.17) is 18.9 Å². The van der Waals surface area contributed by atoms with Gasteiger partial charge in [-0.3, -0.25) is 4.90 Å². The van der Waals surface area contributed by atoms with E-state index in [-0.39, 0.29) is 41.9 Å². The first-order valence-corrected chi connectivity index (χ1v) is 10.9. The predicted octanol–water partition coefficient (Wildman–Crippen LogP) is 2.45. The Hall–Kier alpha value is -1.57.